The Hall–Kier alpha value is -3.59. The second-order valence-electron chi connectivity index (χ2n) is 10.1. The molecule has 0 N–H and O–H groups in total. The fourth-order valence-electron chi connectivity index (χ4n) is 5.29. The first-order valence-corrected chi connectivity index (χ1v) is 13.5. The van der Waals surface area contributed by atoms with Crippen molar-refractivity contribution < 1.29 is 18.7 Å². The molecule has 1 fully saturated rings. The summed E-state index contributed by atoms with van der Waals surface area (Å²) in [5, 5.41) is 10.0. The predicted octanol–water partition coefficient (Wildman–Crippen LogP) is 7.00. The van der Waals surface area contributed by atoms with Crippen molar-refractivity contribution >= 4 is 22.8 Å². The minimum Gasteiger partial charge on any atom is -0.466 e. The first-order valence-electron chi connectivity index (χ1n) is 13.5. The van der Waals surface area contributed by atoms with E-state index in [9.17, 15) is 9.59 Å². The molecule has 194 valence electrons. The van der Waals surface area contributed by atoms with Gasteiger partial charge in [0.15, 0.2) is 0 Å². The number of carbonyl (C=O) groups is 2. The molecule has 37 heavy (non-hydrogen) atoms. The first-order chi connectivity index (χ1) is 18.0. The molecule has 0 saturated heterocycles. The third-order valence-electron chi connectivity index (χ3n) is 7.36. The van der Waals surface area contributed by atoms with E-state index >= 15 is 0 Å². The summed E-state index contributed by atoms with van der Waals surface area (Å²) in [6.07, 6.45) is 6.86. The number of furan rings is 1. The van der Waals surface area contributed by atoms with E-state index in [1.165, 1.54) is 0 Å². The second-order valence-corrected chi connectivity index (χ2v) is 10.1. The Kier molecular flexibility index (Phi) is 8.66. The first kappa shape index (κ1) is 26.5. The maximum atomic E-state index is 13.3. The van der Waals surface area contributed by atoms with Gasteiger partial charge in [-0.25, -0.2) is 0 Å². The minimum absolute atomic E-state index is 0.0849. The zero-order chi connectivity index (χ0) is 26.3. The van der Waals surface area contributed by atoms with E-state index < -0.39 is 5.41 Å². The average Bonchev–Trinajstić information content (AvgIpc) is 3.35. The highest BCUT2D eigenvalue weighted by atomic mass is 16.5. The molecule has 6 heteroatoms. The van der Waals surface area contributed by atoms with Crippen molar-refractivity contribution in [2.75, 3.05) is 13.2 Å². The number of unbranched alkanes of at least 4 members (excludes halogenated alkanes) is 1. The van der Waals surface area contributed by atoms with E-state index in [4.69, 9.17) is 14.4 Å². The van der Waals surface area contributed by atoms with Gasteiger partial charge in [-0.2, -0.15) is 5.26 Å². The predicted molar refractivity (Wildman–Crippen MR) is 143 cm³/mol. The lowest BCUT2D eigenvalue weighted by Gasteiger charge is -2.39. The molecule has 4 rings (SSSR count). The van der Waals surface area contributed by atoms with E-state index in [0.717, 1.165) is 72.8 Å². The highest BCUT2D eigenvalue weighted by molar-refractivity contribution is 5.84. The number of amides is 1. The zero-order valence-electron chi connectivity index (χ0n) is 21.9. The van der Waals surface area contributed by atoms with Crippen LogP contribution in [0.1, 0.15) is 76.3 Å². The Labute approximate surface area is 219 Å². The summed E-state index contributed by atoms with van der Waals surface area (Å²) >= 11 is 0. The summed E-state index contributed by atoms with van der Waals surface area (Å²) in [6.45, 7) is 5.11. The van der Waals surface area contributed by atoms with Gasteiger partial charge >= 0.3 is 5.97 Å². The van der Waals surface area contributed by atoms with Gasteiger partial charge in [0, 0.05) is 30.5 Å². The standard InChI is InChI=1S/C31H36N2O4/c1-3-5-9-29(34)33(22-31(30(35)36-4-2)16-7-6-8-17-31)21-24-12-15-27-26(18-24)19-28(37-27)25-13-10-23(20-32)11-14-25/h10-15,18-19H,3-9,16-17,21-22H2,1-2H3. The topological polar surface area (TPSA) is 83.5 Å². The van der Waals surface area contributed by atoms with E-state index in [1.807, 2.05) is 42.2 Å². The van der Waals surface area contributed by atoms with E-state index in [1.54, 1.807) is 12.1 Å². The normalized spacial score (nSPS) is 14.7. The highest BCUT2D eigenvalue weighted by Crippen LogP contribution is 2.39. The Morgan fingerprint density at radius 3 is 2.49 bits per heavy atom. The Morgan fingerprint density at radius 2 is 1.81 bits per heavy atom. The molecule has 3 aromatic rings. The monoisotopic (exact) mass is 500 g/mol. The molecule has 1 saturated carbocycles. The van der Waals surface area contributed by atoms with Gasteiger partial charge in [0.1, 0.15) is 11.3 Å². The molecular weight excluding hydrogens is 464 g/mol. The maximum Gasteiger partial charge on any atom is 0.313 e. The Balaban J connectivity index is 1.60. The van der Waals surface area contributed by atoms with Gasteiger partial charge in [-0.05, 0) is 74.2 Å². The summed E-state index contributed by atoms with van der Waals surface area (Å²) in [7, 11) is 0. The fourth-order valence-corrected chi connectivity index (χ4v) is 5.29. The molecule has 0 radical (unpaired) electrons. The lowest BCUT2D eigenvalue weighted by Crippen LogP contribution is -2.47. The minimum atomic E-state index is -0.626. The number of rotatable bonds is 10. The van der Waals surface area contributed by atoms with Gasteiger partial charge in [-0.15, -0.1) is 0 Å². The molecule has 1 aromatic heterocycles. The van der Waals surface area contributed by atoms with Gasteiger partial charge in [-0.1, -0.05) is 38.7 Å². The van der Waals surface area contributed by atoms with Crippen molar-refractivity contribution in [1.29, 1.82) is 5.26 Å². The van der Waals surface area contributed by atoms with Crippen LogP contribution in [0.4, 0.5) is 0 Å². The number of carbonyl (C=O) groups excluding carboxylic acids is 2. The van der Waals surface area contributed by atoms with Crippen molar-refractivity contribution in [2.45, 2.75) is 71.8 Å². The molecular formula is C31H36N2O4. The number of esters is 1. The van der Waals surface area contributed by atoms with Gasteiger partial charge < -0.3 is 14.1 Å². The number of hydrogen-bond acceptors (Lipinski definition) is 5. The van der Waals surface area contributed by atoms with Gasteiger partial charge in [-0.3, -0.25) is 9.59 Å². The summed E-state index contributed by atoms with van der Waals surface area (Å²) in [4.78, 5) is 28.3. The number of nitrogens with zero attached hydrogens (tertiary/aromatic N) is 2. The van der Waals surface area contributed by atoms with Crippen LogP contribution >= 0.6 is 0 Å². The highest BCUT2D eigenvalue weighted by Gasteiger charge is 2.43. The van der Waals surface area contributed by atoms with Crippen LogP contribution in [0.2, 0.25) is 0 Å². The number of ether oxygens (including phenoxy) is 1. The summed E-state index contributed by atoms with van der Waals surface area (Å²) in [5.74, 6) is 0.651. The quantitative estimate of drug-likeness (QED) is 0.280. The van der Waals surface area contributed by atoms with Crippen LogP contribution in [0.25, 0.3) is 22.3 Å². The van der Waals surface area contributed by atoms with Crippen molar-refractivity contribution in [2.24, 2.45) is 5.41 Å². The number of hydrogen-bond donors (Lipinski definition) is 0. The van der Waals surface area contributed by atoms with E-state index in [-0.39, 0.29) is 11.9 Å². The van der Waals surface area contributed by atoms with E-state index in [0.29, 0.717) is 31.7 Å². The van der Waals surface area contributed by atoms with Gasteiger partial charge in [0.2, 0.25) is 5.91 Å². The van der Waals surface area contributed by atoms with Crippen molar-refractivity contribution in [3.05, 3.63) is 59.7 Å². The van der Waals surface area contributed by atoms with Gasteiger partial charge in [0.25, 0.3) is 0 Å². The van der Waals surface area contributed by atoms with Crippen LogP contribution in [0.5, 0.6) is 0 Å². The van der Waals surface area contributed by atoms with Crippen LogP contribution in [0.3, 0.4) is 0 Å². The van der Waals surface area contributed by atoms with Gasteiger partial charge in [0.05, 0.1) is 23.7 Å². The summed E-state index contributed by atoms with van der Waals surface area (Å²) in [6, 6.07) is 17.4. The number of nitriles is 1. The van der Waals surface area contributed by atoms with E-state index in [2.05, 4.69) is 19.1 Å². The largest absolute Gasteiger partial charge is 0.466 e. The summed E-state index contributed by atoms with van der Waals surface area (Å²) in [5.41, 5.74) is 2.65. The van der Waals surface area contributed by atoms with Crippen LogP contribution in [0.15, 0.2) is 52.9 Å². The Morgan fingerprint density at radius 1 is 1.05 bits per heavy atom. The third kappa shape index (κ3) is 6.22. The lowest BCUT2D eigenvalue weighted by molar-refractivity contribution is -0.160. The molecule has 0 unspecified atom stereocenters. The lowest BCUT2D eigenvalue weighted by atomic mass is 9.73. The molecule has 1 heterocycles. The maximum absolute atomic E-state index is 13.3. The molecule has 1 amide bonds. The van der Waals surface area contributed by atoms with Crippen molar-refractivity contribution in [1.82, 2.24) is 4.90 Å². The zero-order valence-corrected chi connectivity index (χ0v) is 21.9. The molecule has 0 bridgehead atoms. The average molecular weight is 501 g/mol. The van der Waals surface area contributed by atoms with Crippen LogP contribution in [-0.2, 0) is 20.9 Å². The molecule has 2 aromatic carbocycles. The molecule has 0 aliphatic heterocycles. The molecule has 1 aliphatic rings. The summed E-state index contributed by atoms with van der Waals surface area (Å²) < 4.78 is 11.6. The fraction of sp³-hybridized carbons (Fsp3) is 0.452. The van der Waals surface area contributed by atoms with Crippen molar-refractivity contribution in [3.8, 4) is 17.4 Å². The molecule has 1 aliphatic carbocycles. The third-order valence-corrected chi connectivity index (χ3v) is 7.36. The SMILES string of the molecule is CCCCC(=O)N(Cc1ccc2oc(-c3ccc(C#N)cc3)cc2c1)CC1(C(=O)OCC)CCCCC1. The molecule has 0 atom stereocenters. The molecule has 0 spiro atoms. The molecule has 6 nitrogen and oxygen atoms in total. The Bertz CT molecular complexity index is 1260. The number of fused-ring (bicyclic) bond motifs is 1. The second kappa shape index (κ2) is 12.1. The van der Waals surface area contributed by atoms with Crippen LogP contribution in [-0.4, -0.2) is 29.9 Å². The number of benzene rings is 2. The van der Waals surface area contributed by atoms with Crippen molar-refractivity contribution in [3.63, 3.8) is 0 Å². The van der Waals surface area contributed by atoms with Crippen LogP contribution in [0, 0.1) is 16.7 Å². The van der Waals surface area contributed by atoms with Crippen LogP contribution < -0.4 is 0 Å². The smallest absolute Gasteiger partial charge is 0.313 e.